The van der Waals surface area contributed by atoms with Gasteiger partial charge in [-0.05, 0) is 86.8 Å². The van der Waals surface area contributed by atoms with Crippen molar-refractivity contribution in [2.45, 2.75) is 6.92 Å². The molecule has 0 saturated carbocycles. The monoisotopic (exact) mass is 677 g/mol. The van der Waals surface area contributed by atoms with Crippen LogP contribution in [0.1, 0.15) is 23.6 Å². The summed E-state index contributed by atoms with van der Waals surface area (Å²) < 4.78 is 0. The first-order valence-corrected chi connectivity index (χ1v) is 17.9. The summed E-state index contributed by atoms with van der Waals surface area (Å²) in [6, 6.07) is 57.3. The molecule has 7 aromatic carbocycles. The van der Waals surface area contributed by atoms with Crippen LogP contribution in [0.2, 0.25) is 0 Å². The fourth-order valence-electron chi connectivity index (χ4n) is 7.43. The Kier molecular flexibility index (Phi) is 8.22. The van der Waals surface area contributed by atoms with Gasteiger partial charge in [0.1, 0.15) is 0 Å². The number of hydrogen-bond acceptors (Lipinski definition) is 3. The number of hydrogen-bond donors (Lipinski definition) is 0. The van der Waals surface area contributed by atoms with E-state index < -0.39 is 0 Å². The predicted molar refractivity (Wildman–Crippen MR) is 225 cm³/mol. The number of aliphatic imine (C=N–C) groups is 1. The van der Waals surface area contributed by atoms with Crippen LogP contribution in [0.4, 0.5) is 0 Å². The van der Waals surface area contributed by atoms with E-state index in [2.05, 4.69) is 177 Å². The molecule has 0 aliphatic heterocycles. The molecule has 9 rings (SSSR count). The smallest absolute Gasteiger partial charge is 0.0780 e. The Morgan fingerprint density at radius 1 is 0.491 bits per heavy atom. The van der Waals surface area contributed by atoms with Crippen molar-refractivity contribution in [2.75, 3.05) is 0 Å². The van der Waals surface area contributed by atoms with E-state index in [0.29, 0.717) is 0 Å². The Bertz CT molecular complexity index is 2810. The zero-order chi connectivity index (χ0) is 35.7. The number of nitrogens with zero attached hydrogens (tertiary/aromatic N) is 3. The summed E-state index contributed by atoms with van der Waals surface area (Å²) in [5.74, 6) is 0. The summed E-state index contributed by atoms with van der Waals surface area (Å²) in [6.07, 6.45) is 5.91. The standard InChI is InChI=1S/C50H35N3/c1-33(29-48(47-24-12-18-36-14-4-8-20-44(36)47)53-34(2)42-23-11-17-35-13-3-7-19-43(35)42)39-30-40(49-45-21-9-5-15-37(45)25-27-51-49)32-41(31-39)50-46-22-10-6-16-38(46)26-28-52-50/h3-32H,1H2,2H3/b48-29-,53-34+. The lowest BCUT2D eigenvalue weighted by molar-refractivity contribution is 1.34. The minimum atomic E-state index is 0.839. The summed E-state index contributed by atoms with van der Waals surface area (Å²) in [5.41, 5.74) is 9.58. The molecule has 0 unspecified atom stereocenters. The molecule has 3 heteroatoms. The lowest BCUT2D eigenvalue weighted by atomic mass is 9.93. The maximum Gasteiger partial charge on any atom is 0.0780 e. The SMILES string of the molecule is C=C(/C=C(\N=C(/C)c1cccc2ccccc12)c1cccc2ccccc12)c1cc(-c2nccc3ccccc23)cc(-c2nccc3ccccc23)c1. The molecule has 0 bridgehead atoms. The van der Waals surface area contributed by atoms with Crippen molar-refractivity contribution in [2.24, 2.45) is 4.99 Å². The van der Waals surface area contributed by atoms with Gasteiger partial charge in [-0.3, -0.25) is 15.0 Å². The van der Waals surface area contributed by atoms with Crippen molar-refractivity contribution in [3.05, 3.63) is 206 Å². The van der Waals surface area contributed by atoms with Crippen molar-refractivity contribution in [3.8, 4) is 22.5 Å². The van der Waals surface area contributed by atoms with E-state index in [1.165, 1.54) is 10.8 Å². The molecule has 9 aromatic rings. The quantitative estimate of drug-likeness (QED) is 0.124. The molecule has 2 aromatic heterocycles. The average molecular weight is 678 g/mol. The molecule has 0 atom stereocenters. The van der Waals surface area contributed by atoms with Gasteiger partial charge in [-0.2, -0.15) is 0 Å². The van der Waals surface area contributed by atoms with Crippen LogP contribution in [0, 0.1) is 0 Å². The first kappa shape index (κ1) is 32.0. The molecule has 0 N–H and O–H groups in total. The van der Waals surface area contributed by atoms with Crippen molar-refractivity contribution >= 4 is 60.1 Å². The van der Waals surface area contributed by atoms with Gasteiger partial charge in [-0.1, -0.05) is 140 Å². The summed E-state index contributed by atoms with van der Waals surface area (Å²) >= 11 is 0. The highest BCUT2D eigenvalue weighted by Crippen LogP contribution is 2.37. The Balaban J connectivity index is 1.26. The second-order valence-electron chi connectivity index (χ2n) is 13.4. The molecule has 250 valence electrons. The molecule has 0 fully saturated rings. The molecule has 0 spiro atoms. The molecule has 0 radical (unpaired) electrons. The maximum atomic E-state index is 5.42. The number of rotatable bonds is 7. The third-order valence-electron chi connectivity index (χ3n) is 10.0. The fourth-order valence-corrected chi connectivity index (χ4v) is 7.43. The maximum absolute atomic E-state index is 5.42. The highest BCUT2D eigenvalue weighted by molar-refractivity contribution is 6.12. The number of fused-ring (bicyclic) bond motifs is 4. The first-order chi connectivity index (χ1) is 26.1. The van der Waals surface area contributed by atoms with E-state index in [1.54, 1.807) is 0 Å². The average Bonchev–Trinajstić information content (AvgIpc) is 3.22. The Morgan fingerprint density at radius 3 is 1.47 bits per heavy atom. The van der Waals surface area contributed by atoms with Gasteiger partial charge in [0.2, 0.25) is 0 Å². The van der Waals surface area contributed by atoms with Gasteiger partial charge in [0.15, 0.2) is 0 Å². The highest BCUT2D eigenvalue weighted by atomic mass is 14.8. The van der Waals surface area contributed by atoms with Crippen LogP contribution >= 0.6 is 0 Å². The molecular weight excluding hydrogens is 643 g/mol. The van der Waals surface area contributed by atoms with E-state index >= 15 is 0 Å². The Labute approximate surface area is 309 Å². The van der Waals surface area contributed by atoms with Crippen molar-refractivity contribution in [3.63, 3.8) is 0 Å². The largest absolute Gasteiger partial charge is 0.256 e. The predicted octanol–water partition coefficient (Wildman–Crippen LogP) is 13.0. The lowest BCUT2D eigenvalue weighted by Crippen LogP contribution is -1.98. The molecular formula is C50H35N3. The lowest BCUT2D eigenvalue weighted by Gasteiger charge is -2.15. The molecule has 3 nitrogen and oxygen atoms in total. The van der Waals surface area contributed by atoms with Crippen LogP contribution < -0.4 is 0 Å². The first-order valence-electron chi connectivity index (χ1n) is 17.9. The van der Waals surface area contributed by atoms with Crippen molar-refractivity contribution in [1.82, 2.24) is 9.97 Å². The van der Waals surface area contributed by atoms with Gasteiger partial charge < -0.3 is 0 Å². The van der Waals surface area contributed by atoms with Gasteiger partial charge >= 0.3 is 0 Å². The van der Waals surface area contributed by atoms with Gasteiger partial charge in [-0.25, -0.2) is 0 Å². The van der Waals surface area contributed by atoms with E-state index in [9.17, 15) is 0 Å². The summed E-state index contributed by atoms with van der Waals surface area (Å²) in [6.45, 7) is 6.81. The van der Waals surface area contributed by atoms with E-state index in [-0.39, 0.29) is 0 Å². The zero-order valence-electron chi connectivity index (χ0n) is 29.4. The Hall–Kier alpha value is -6.97. The number of benzene rings is 7. The number of aromatic nitrogens is 2. The van der Waals surface area contributed by atoms with Crippen molar-refractivity contribution in [1.29, 1.82) is 0 Å². The third-order valence-corrected chi connectivity index (χ3v) is 10.0. The van der Waals surface area contributed by atoms with E-state index in [0.717, 1.165) is 88.5 Å². The minimum absolute atomic E-state index is 0.839. The van der Waals surface area contributed by atoms with Crippen LogP contribution in [0.5, 0.6) is 0 Å². The summed E-state index contributed by atoms with van der Waals surface area (Å²) in [4.78, 5) is 15.3. The summed E-state index contributed by atoms with van der Waals surface area (Å²) in [7, 11) is 0. The van der Waals surface area contributed by atoms with Crippen LogP contribution in [0.25, 0.3) is 76.9 Å². The molecule has 0 aliphatic carbocycles. The summed E-state index contributed by atoms with van der Waals surface area (Å²) in [5, 5.41) is 9.13. The van der Waals surface area contributed by atoms with Crippen LogP contribution in [0.3, 0.4) is 0 Å². The zero-order valence-corrected chi connectivity index (χ0v) is 29.4. The second kappa shape index (κ2) is 13.6. The number of allylic oxidation sites excluding steroid dienone is 2. The van der Waals surface area contributed by atoms with Gasteiger partial charge in [0.05, 0.1) is 17.1 Å². The Morgan fingerprint density at radius 2 is 0.925 bits per heavy atom. The molecule has 0 amide bonds. The third kappa shape index (κ3) is 6.09. The molecule has 0 aliphatic rings. The van der Waals surface area contributed by atoms with Gasteiger partial charge in [0.25, 0.3) is 0 Å². The second-order valence-corrected chi connectivity index (χ2v) is 13.4. The normalized spacial score (nSPS) is 12.2. The van der Waals surface area contributed by atoms with Crippen LogP contribution in [-0.4, -0.2) is 15.7 Å². The topological polar surface area (TPSA) is 38.1 Å². The fraction of sp³-hybridized carbons (Fsp3) is 0.0200. The van der Waals surface area contributed by atoms with Crippen LogP contribution in [0.15, 0.2) is 194 Å². The van der Waals surface area contributed by atoms with Gasteiger partial charge in [-0.15, -0.1) is 0 Å². The van der Waals surface area contributed by atoms with E-state index in [4.69, 9.17) is 21.5 Å². The number of pyridine rings is 2. The minimum Gasteiger partial charge on any atom is -0.256 e. The van der Waals surface area contributed by atoms with Gasteiger partial charge in [0, 0.05) is 51.1 Å². The van der Waals surface area contributed by atoms with Crippen molar-refractivity contribution < 1.29 is 0 Å². The molecule has 0 saturated heterocycles. The van der Waals surface area contributed by atoms with Crippen LogP contribution in [-0.2, 0) is 0 Å². The highest BCUT2D eigenvalue weighted by Gasteiger charge is 2.15. The van der Waals surface area contributed by atoms with E-state index in [1.807, 2.05) is 12.4 Å². The molecule has 53 heavy (non-hydrogen) atoms. The molecule has 2 heterocycles.